The Morgan fingerprint density at radius 3 is 3.00 bits per heavy atom. The van der Waals surface area contributed by atoms with Gasteiger partial charge in [0.25, 0.3) is 0 Å². The first-order chi connectivity index (χ1) is 8.74. The molecule has 1 fully saturated rings. The Hall–Kier alpha value is -1.12. The van der Waals surface area contributed by atoms with E-state index in [1.54, 1.807) is 0 Å². The van der Waals surface area contributed by atoms with Gasteiger partial charge >= 0.3 is 0 Å². The maximum absolute atomic E-state index is 6.25. The summed E-state index contributed by atoms with van der Waals surface area (Å²) in [5.74, 6) is 0.537. The molecule has 1 atom stereocenters. The summed E-state index contributed by atoms with van der Waals surface area (Å²) >= 11 is 6.25. The molecule has 0 spiro atoms. The minimum atomic E-state index is 0.537. The molecule has 2 heterocycles. The molecule has 94 valence electrons. The van der Waals surface area contributed by atoms with Crippen molar-refractivity contribution < 1.29 is 0 Å². The number of benzene rings is 1. The molecule has 1 aliphatic rings. The Morgan fingerprint density at radius 1 is 1.33 bits per heavy atom. The van der Waals surface area contributed by atoms with Crippen molar-refractivity contribution in [3.8, 4) is 0 Å². The van der Waals surface area contributed by atoms with E-state index in [1.165, 1.54) is 24.0 Å². The van der Waals surface area contributed by atoms with Crippen LogP contribution in [0.4, 0.5) is 0 Å². The van der Waals surface area contributed by atoms with E-state index in [2.05, 4.69) is 29.4 Å². The summed E-state index contributed by atoms with van der Waals surface area (Å²) < 4.78 is 0. The lowest BCUT2D eigenvalue weighted by atomic mass is 9.90. The predicted octanol–water partition coefficient (Wildman–Crippen LogP) is 3.66. The maximum Gasteiger partial charge on any atom is 0.0738 e. The van der Waals surface area contributed by atoms with E-state index in [9.17, 15) is 0 Å². The molecule has 2 nitrogen and oxygen atoms in total. The van der Waals surface area contributed by atoms with Crippen molar-refractivity contribution in [1.82, 2.24) is 10.3 Å². The lowest BCUT2D eigenvalue weighted by Gasteiger charge is -2.24. The van der Waals surface area contributed by atoms with E-state index in [4.69, 9.17) is 11.6 Å². The number of pyridine rings is 1. The van der Waals surface area contributed by atoms with Gasteiger partial charge in [-0.25, -0.2) is 0 Å². The second-order valence-electron chi connectivity index (χ2n) is 5.12. The lowest BCUT2D eigenvalue weighted by molar-refractivity contribution is 0.463. The van der Waals surface area contributed by atoms with Crippen LogP contribution in [0.5, 0.6) is 0 Å². The van der Waals surface area contributed by atoms with Crippen LogP contribution in [0.2, 0.25) is 5.02 Å². The lowest BCUT2D eigenvalue weighted by Crippen LogP contribution is -2.28. The summed E-state index contributed by atoms with van der Waals surface area (Å²) in [7, 11) is 0. The van der Waals surface area contributed by atoms with Crippen molar-refractivity contribution in [2.24, 2.45) is 0 Å². The number of piperidine rings is 1. The quantitative estimate of drug-likeness (QED) is 0.846. The first-order valence-electron chi connectivity index (χ1n) is 6.50. The number of hydrogen-bond donors (Lipinski definition) is 1. The molecule has 0 aliphatic carbocycles. The summed E-state index contributed by atoms with van der Waals surface area (Å²) in [4.78, 5) is 4.61. The van der Waals surface area contributed by atoms with Gasteiger partial charge in [0.15, 0.2) is 0 Å². The number of nitrogens with one attached hydrogen (secondary N) is 1. The van der Waals surface area contributed by atoms with E-state index in [0.29, 0.717) is 5.92 Å². The van der Waals surface area contributed by atoms with E-state index in [0.717, 1.165) is 29.0 Å². The van der Waals surface area contributed by atoms with Crippen LogP contribution in [0.1, 0.15) is 29.9 Å². The zero-order chi connectivity index (χ0) is 12.5. The smallest absolute Gasteiger partial charge is 0.0738 e. The van der Waals surface area contributed by atoms with Gasteiger partial charge in [0, 0.05) is 23.2 Å². The number of rotatable bonds is 1. The monoisotopic (exact) mass is 260 g/mol. The molecule has 18 heavy (non-hydrogen) atoms. The second-order valence-corrected chi connectivity index (χ2v) is 5.56. The number of nitrogens with zero attached hydrogens (tertiary/aromatic N) is 1. The SMILES string of the molecule is Cc1cnc2c([C@H]3CCCNC3)cc(Cl)cc2c1. The average Bonchev–Trinajstić information content (AvgIpc) is 2.38. The van der Waals surface area contributed by atoms with Gasteiger partial charge in [-0.15, -0.1) is 0 Å². The molecule has 2 aromatic rings. The summed E-state index contributed by atoms with van der Waals surface area (Å²) in [6.45, 7) is 4.22. The van der Waals surface area contributed by atoms with Gasteiger partial charge in [-0.1, -0.05) is 11.6 Å². The predicted molar refractivity (Wildman–Crippen MR) is 76.3 cm³/mol. The average molecular weight is 261 g/mol. The Labute approximate surface area is 112 Å². The van der Waals surface area contributed by atoms with Crippen LogP contribution in [0.15, 0.2) is 24.4 Å². The van der Waals surface area contributed by atoms with E-state index in [-0.39, 0.29) is 0 Å². The van der Waals surface area contributed by atoms with Crippen LogP contribution >= 0.6 is 11.6 Å². The highest BCUT2D eigenvalue weighted by Gasteiger charge is 2.18. The maximum atomic E-state index is 6.25. The Bertz CT molecular complexity index is 569. The third-order valence-electron chi connectivity index (χ3n) is 3.65. The van der Waals surface area contributed by atoms with Crippen molar-refractivity contribution >= 4 is 22.5 Å². The molecule has 3 rings (SSSR count). The third kappa shape index (κ3) is 2.23. The molecule has 1 aromatic heterocycles. The molecule has 0 saturated carbocycles. The minimum Gasteiger partial charge on any atom is -0.316 e. The Morgan fingerprint density at radius 2 is 2.22 bits per heavy atom. The van der Waals surface area contributed by atoms with Gasteiger partial charge in [0.05, 0.1) is 5.52 Å². The molecule has 1 aliphatic heterocycles. The van der Waals surface area contributed by atoms with Crippen LogP contribution in [0, 0.1) is 6.92 Å². The highest BCUT2D eigenvalue weighted by molar-refractivity contribution is 6.31. The van der Waals surface area contributed by atoms with Crippen molar-refractivity contribution in [3.05, 3.63) is 40.5 Å². The summed E-state index contributed by atoms with van der Waals surface area (Å²) in [5.41, 5.74) is 3.58. The van der Waals surface area contributed by atoms with Crippen molar-refractivity contribution in [2.45, 2.75) is 25.7 Å². The first kappa shape index (κ1) is 11.9. The summed E-state index contributed by atoms with van der Waals surface area (Å²) in [6, 6.07) is 6.26. The number of hydrogen-bond acceptors (Lipinski definition) is 2. The Kier molecular flexibility index (Phi) is 3.23. The molecule has 3 heteroatoms. The number of fused-ring (bicyclic) bond motifs is 1. The summed E-state index contributed by atoms with van der Waals surface area (Å²) in [6.07, 6.45) is 4.39. The van der Waals surface area contributed by atoms with Gasteiger partial charge in [-0.05, 0) is 61.6 Å². The van der Waals surface area contributed by atoms with E-state index >= 15 is 0 Å². The number of aryl methyl sites for hydroxylation is 1. The fourth-order valence-corrected chi connectivity index (χ4v) is 3.01. The van der Waals surface area contributed by atoms with Crippen LogP contribution in [-0.2, 0) is 0 Å². The van der Waals surface area contributed by atoms with Crippen LogP contribution in [-0.4, -0.2) is 18.1 Å². The molecule has 0 unspecified atom stereocenters. The summed E-state index contributed by atoms with van der Waals surface area (Å²) in [5, 5.41) is 5.43. The molecular formula is C15H17ClN2. The second kappa shape index (κ2) is 4.87. The van der Waals surface area contributed by atoms with Crippen LogP contribution in [0.3, 0.4) is 0 Å². The normalized spacial score (nSPS) is 20.2. The van der Waals surface area contributed by atoms with Crippen molar-refractivity contribution in [1.29, 1.82) is 0 Å². The van der Waals surface area contributed by atoms with Gasteiger partial charge in [-0.2, -0.15) is 0 Å². The highest BCUT2D eigenvalue weighted by atomic mass is 35.5. The van der Waals surface area contributed by atoms with Gasteiger partial charge in [-0.3, -0.25) is 4.98 Å². The van der Waals surface area contributed by atoms with Crippen molar-refractivity contribution in [2.75, 3.05) is 13.1 Å². The fraction of sp³-hybridized carbons (Fsp3) is 0.400. The van der Waals surface area contributed by atoms with E-state index in [1.807, 2.05) is 12.3 Å². The molecule has 1 saturated heterocycles. The van der Waals surface area contributed by atoms with Crippen molar-refractivity contribution in [3.63, 3.8) is 0 Å². The standard InChI is InChI=1S/C15H17ClN2/c1-10-5-12-6-13(16)7-14(15(12)18-8-10)11-3-2-4-17-9-11/h5-8,11,17H,2-4,9H2,1H3/t11-/m0/s1. The molecule has 0 radical (unpaired) electrons. The zero-order valence-corrected chi connectivity index (χ0v) is 11.3. The number of halogens is 1. The zero-order valence-electron chi connectivity index (χ0n) is 10.5. The van der Waals surface area contributed by atoms with E-state index < -0.39 is 0 Å². The minimum absolute atomic E-state index is 0.537. The third-order valence-corrected chi connectivity index (χ3v) is 3.87. The van der Waals surface area contributed by atoms with Gasteiger partial charge < -0.3 is 5.32 Å². The van der Waals surface area contributed by atoms with Crippen LogP contribution in [0.25, 0.3) is 10.9 Å². The largest absolute Gasteiger partial charge is 0.316 e. The molecular weight excluding hydrogens is 244 g/mol. The molecule has 0 amide bonds. The van der Waals surface area contributed by atoms with Crippen LogP contribution < -0.4 is 5.32 Å². The number of aromatic nitrogens is 1. The molecule has 1 aromatic carbocycles. The van der Waals surface area contributed by atoms with Gasteiger partial charge in [0.2, 0.25) is 0 Å². The fourth-order valence-electron chi connectivity index (χ4n) is 2.78. The molecule has 0 bridgehead atoms. The highest BCUT2D eigenvalue weighted by Crippen LogP contribution is 2.31. The first-order valence-corrected chi connectivity index (χ1v) is 6.88. The van der Waals surface area contributed by atoms with Gasteiger partial charge in [0.1, 0.15) is 0 Å². The Balaban J connectivity index is 2.14. The topological polar surface area (TPSA) is 24.9 Å². The molecule has 1 N–H and O–H groups in total.